The fraction of sp³-hybridized carbons (Fsp3) is 0.529. The minimum atomic E-state index is -4.63. The van der Waals surface area contributed by atoms with Gasteiger partial charge in [-0.05, 0) is 55.2 Å². The largest absolute Gasteiger partial charge is 0.573 e. The van der Waals surface area contributed by atoms with Crippen molar-refractivity contribution in [2.24, 2.45) is 5.92 Å². The van der Waals surface area contributed by atoms with Crippen molar-refractivity contribution in [1.82, 2.24) is 0 Å². The maximum absolute atomic E-state index is 12.1. The number of halogens is 3. The summed E-state index contributed by atoms with van der Waals surface area (Å²) in [4.78, 5) is 0. The normalized spacial score (nSPS) is 22.9. The quantitative estimate of drug-likeness (QED) is 0.707. The lowest BCUT2D eigenvalue weighted by atomic mass is 9.78. The molecule has 0 N–H and O–H groups in total. The molecular formula is C17H21F3O2. The third-order valence-electron chi connectivity index (χ3n) is 4.03. The summed E-state index contributed by atoms with van der Waals surface area (Å²) in [6.45, 7) is 0.639. The Bertz CT molecular complexity index is 472. The van der Waals surface area contributed by atoms with Crippen LogP contribution in [-0.4, -0.2) is 20.1 Å². The second kappa shape index (κ2) is 7.68. The molecule has 22 heavy (non-hydrogen) atoms. The first-order valence-electron chi connectivity index (χ1n) is 7.49. The Morgan fingerprint density at radius 1 is 1.09 bits per heavy atom. The third kappa shape index (κ3) is 5.37. The standard InChI is InChI=1S/C17H21F3O2/c1-21-12-2-3-13-4-6-14(7-5-13)15-8-10-16(11-9-15)22-17(18,19)20/h2-3,8-11,13-14H,4-7,12H2,1H3/t13-,14-. The topological polar surface area (TPSA) is 18.5 Å². The van der Waals surface area contributed by atoms with Gasteiger partial charge in [0.1, 0.15) is 5.75 Å². The molecule has 1 aliphatic rings. The lowest BCUT2D eigenvalue weighted by Crippen LogP contribution is -2.17. The molecule has 0 amide bonds. The molecule has 2 rings (SSSR count). The van der Waals surface area contributed by atoms with Crippen LogP contribution in [-0.2, 0) is 4.74 Å². The Morgan fingerprint density at radius 2 is 1.73 bits per heavy atom. The summed E-state index contributed by atoms with van der Waals surface area (Å²) < 4.78 is 45.3. The Hall–Kier alpha value is -1.49. The fourth-order valence-corrected chi connectivity index (χ4v) is 2.93. The van der Waals surface area contributed by atoms with Gasteiger partial charge in [-0.15, -0.1) is 13.2 Å². The van der Waals surface area contributed by atoms with Crippen molar-refractivity contribution in [3.8, 4) is 5.75 Å². The van der Waals surface area contributed by atoms with Crippen molar-refractivity contribution in [1.29, 1.82) is 0 Å². The van der Waals surface area contributed by atoms with E-state index in [1.165, 1.54) is 12.1 Å². The van der Waals surface area contributed by atoms with E-state index in [-0.39, 0.29) is 5.75 Å². The van der Waals surface area contributed by atoms with Crippen LogP contribution in [0.2, 0.25) is 0 Å². The van der Waals surface area contributed by atoms with Gasteiger partial charge in [0.25, 0.3) is 0 Å². The van der Waals surface area contributed by atoms with Gasteiger partial charge in [-0.2, -0.15) is 0 Å². The molecular weight excluding hydrogens is 293 g/mol. The van der Waals surface area contributed by atoms with E-state index < -0.39 is 6.36 Å². The van der Waals surface area contributed by atoms with Crippen molar-refractivity contribution in [3.05, 3.63) is 42.0 Å². The van der Waals surface area contributed by atoms with Crippen LogP contribution < -0.4 is 4.74 Å². The first-order valence-corrected chi connectivity index (χ1v) is 7.49. The zero-order chi connectivity index (χ0) is 16.0. The fourth-order valence-electron chi connectivity index (χ4n) is 2.93. The molecule has 0 spiro atoms. The number of hydrogen-bond donors (Lipinski definition) is 0. The van der Waals surface area contributed by atoms with Crippen LogP contribution in [0.25, 0.3) is 0 Å². The summed E-state index contributed by atoms with van der Waals surface area (Å²) in [5.74, 6) is 0.846. The number of alkyl halides is 3. The third-order valence-corrected chi connectivity index (χ3v) is 4.03. The van der Waals surface area contributed by atoms with Crippen LogP contribution in [0.4, 0.5) is 13.2 Å². The number of methoxy groups -OCH3 is 1. The molecule has 1 fully saturated rings. The minimum Gasteiger partial charge on any atom is -0.406 e. The molecule has 0 aliphatic heterocycles. The molecule has 122 valence electrons. The molecule has 0 bridgehead atoms. The molecule has 2 nitrogen and oxygen atoms in total. The van der Waals surface area contributed by atoms with Crippen LogP contribution in [0.3, 0.4) is 0 Å². The Morgan fingerprint density at radius 3 is 2.27 bits per heavy atom. The Kier molecular flexibility index (Phi) is 5.89. The van der Waals surface area contributed by atoms with E-state index in [0.717, 1.165) is 31.2 Å². The predicted octanol–water partition coefficient (Wildman–Crippen LogP) is 5.06. The maximum atomic E-state index is 12.1. The van der Waals surface area contributed by atoms with Crippen molar-refractivity contribution < 1.29 is 22.6 Å². The van der Waals surface area contributed by atoms with Crippen LogP contribution in [0, 0.1) is 5.92 Å². The second-order valence-corrected chi connectivity index (χ2v) is 5.61. The van der Waals surface area contributed by atoms with E-state index in [2.05, 4.69) is 10.8 Å². The van der Waals surface area contributed by atoms with Crippen molar-refractivity contribution in [2.75, 3.05) is 13.7 Å². The molecule has 0 heterocycles. The van der Waals surface area contributed by atoms with Crippen molar-refractivity contribution >= 4 is 0 Å². The maximum Gasteiger partial charge on any atom is 0.573 e. The molecule has 1 aromatic rings. The summed E-state index contributed by atoms with van der Waals surface area (Å²) in [5, 5.41) is 0. The molecule has 1 aromatic carbocycles. The summed E-state index contributed by atoms with van der Waals surface area (Å²) in [6.07, 6.45) is 3.95. The van der Waals surface area contributed by atoms with Crippen LogP contribution >= 0.6 is 0 Å². The summed E-state index contributed by atoms with van der Waals surface area (Å²) in [5.41, 5.74) is 1.09. The van der Waals surface area contributed by atoms with E-state index in [0.29, 0.717) is 18.4 Å². The van der Waals surface area contributed by atoms with E-state index in [1.807, 2.05) is 6.08 Å². The number of hydrogen-bond acceptors (Lipinski definition) is 2. The monoisotopic (exact) mass is 314 g/mol. The van der Waals surface area contributed by atoms with Gasteiger partial charge in [0.05, 0.1) is 6.61 Å². The molecule has 0 radical (unpaired) electrons. The van der Waals surface area contributed by atoms with Gasteiger partial charge < -0.3 is 9.47 Å². The van der Waals surface area contributed by atoms with Gasteiger partial charge in [0.15, 0.2) is 0 Å². The average Bonchev–Trinajstić information content (AvgIpc) is 2.48. The number of rotatable bonds is 5. The van der Waals surface area contributed by atoms with Gasteiger partial charge in [0.2, 0.25) is 0 Å². The van der Waals surface area contributed by atoms with Gasteiger partial charge in [-0.3, -0.25) is 0 Å². The van der Waals surface area contributed by atoms with E-state index in [1.54, 1.807) is 19.2 Å². The molecule has 0 aromatic heterocycles. The number of allylic oxidation sites excluding steroid dienone is 1. The highest BCUT2D eigenvalue weighted by Crippen LogP contribution is 2.37. The van der Waals surface area contributed by atoms with Gasteiger partial charge >= 0.3 is 6.36 Å². The highest BCUT2D eigenvalue weighted by molar-refractivity contribution is 5.30. The Balaban J connectivity index is 1.86. The van der Waals surface area contributed by atoms with Crippen LogP contribution in [0.15, 0.2) is 36.4 Å². The number of ether oxygens (including phenoxy) is 2. The highest BCUT2D eigenvalue weighted by atomic mass is 19.4. The van der Waals surface area contributed by atoms with E-state index >= 15 is 0 Å². The molecule has 0 atom stereocenters. The Labute approximate surface area is 128 Å². The first kappa shape index (κ1) is 16.9. The van der Waals surface area contributed by atoms with Gasteiger partial charge in [-0.1, -0.05) is 24.3 Å². The predicted molar refractivity (Wildman–Crippen MR) is 78.8 cm³/mol. The minimum absolute atomic E-state index is 0.160. The van der Waals surface area contributed by atoms with Crippen molar-refractivity contribution in [3.63, 3.8) is 0 Å². The zero-order valence-electron chi connectivity index (χ0n) is 12.6. The molecule has 1 aliphatic carbocycles. The molecule has 0 unspecified atom stereocenters. The molecule has 1 saturated carbocycles. The van der Waals surface area contributed by atoms with Crippen LogP contribution in [0.1, 0.15) is 37.2 Å². The highest BCUT2D eigenvalue weighted by Gasteiger charge is 2.31. The average molecular weight is 314 g/mol. The molecule has 5 heteroatoms. The summed E-state index contributed by atoms with van der Waals surface area (Å²) >= 11 is 0. The number of benzene rings is 1. The zero-order valence-corrected chi connectivity index (χ0v) is 12.6. The lowest BCUT2D eigenvalue weighted by Gasteiger charge is -2.27. The smallest absolute Gasteiger partial charge is 0.406 e. The SMILES string of the molecule is COCC=C[C@H]1CC[C@H](c2ccc(OC(F)(F)F)cc2)CC1. The summed E-state index contributed by atoms with van der Waals surface area (Å²) in [6, 6.07) is 6.28. The molecule has 0 saturated heterocycles. The van der Waals surface area contributed by atoms with Crippen molar-refractivity contribution in [2.45, 2.75) is 38.0 Å². The van der Waals surface area contributed by atoms with Gasteiger partial charge in [-0.25, -0.2) is 0 Å². The van der Waals surface area contributed by atoms with E-state index in [4.69, 9.17) is 4.74 Å². The lowest BCUT2D eigenvalue weighted by molar-refractivity contribution is -0.274. The second-order valence-electron chi connectivity index (χ2n) is 5.61. The van der Waals surface area contributed by atoms with E-state index in [9.17, 15) is 13.2 Å². The van der Waals surface area contributed by atoms with Crippen LogP contribution in [0.5, 0.6) is 5.75 Å². The first-order chi connectivity index (χ1) is 10.5. The summed E-state index contributed by atoms with van der Waals surface area (Å²) in [7, 11) is 1.67. The van der Waals surface area contributed by atoms with Gasteiger partial charge in [0, 0.05) is 7.11 Å².